The zero-order valence-electron chi connectivity index (χ0n) is 33.6. The summed E-state index contributed by atoms with van der Waals surface area (Å²) in [6, 6.07) is 28.1. The Hall–Kier alpha value is -3.56. The molecule has 0 unspecified atom stereocenters. The van der Waals surface area contributed by atoms with Crippen molar-refractivity contribution in [2.45, 2.75) is 104 Å². The number of esters is 2. The minimum Gasteiger partial charge on any atom is -0.462 e. The van der Waals surface area contributed by atoms with Crippen LogP contribution in [0.25, 0.3) is 0 Å². The molecule has 2 N–H and O–H groups in total. The molecular weight excluding hydrogens is 673 g/mol. The lowest BCUT2D eigenvalue weighted by Crippen LogP contribution is -2.42. The molecule has 0 aliphatic carbocycles. The number of nitrogens with zero attached hydrogens (tertiary/aromatic N) is 2. The Morgan fingerprint density at radius 1 is 0.481 bits per heavy atom. The van der Waals surface area contributed by atoms with E-state index < -0.39 is 11.9 Å². The average Bonchev–Trinajstić information content (AvgIpc) is 3.22. The molecule has 0 aromatic heterocycles. The van der Waals surface area contributed by atoms with E-state index in [0.29, 0.717) is 24.3 Å². The lowest BCUT2D eigenvalue weighted by molar-refractivity contribution is 0.0450. The summed E-state index contributed by atoms with van der Waals surface area (Å²) in [4.78, 5) is 29.7. The second-order valence-corrected chi connectivity index (χ2v) is 14.4. The van der Waals surface area contributed by atoms with Gasteiger partial charge in [0.25, 0.3) is 0 Å². The van der Waals surface area contributed by atoms with E-state index in [4.69, 9.17) is 9.47 Å². The number of carbonyl (C=O) groups excluding carboxylic acids is 2. The highest BCUT2D eigenvalue weighted by atomic mass is 16.5. The van der Waals surface area contributed by atoms with E-state index in [1.54, 1.807) is 24.3 Å². The summed E-state index contributed by atoms with van der Waals surface area (Å²) < 4.78 is 10.7. The van der Waals surface area contributed by atoms with Gasteiger partial charge in [0.05, 0.1) is 24.3 Å². The molecule has 8 heteroatoms. The molecule has 0 saturated carbocycles. The third-order valence-corrected chi connectivity index (χ3v) is 9.75. The average molecular weight is 743 g/mol. The number of hydrogen-bond donors (Lipinski definition) is 2. The molecule has 0 bridgehead atoms. The highest BCUT2D eigenvalue weighted by Gasteiger charge is 2.19. The second-order valence-electron chi connectivity index (χ2n) is 14.4. The van der Waals surface area contributed by atoms with Crippen molar-refractivity contribution < 1.29 is 19.1 Å². The molecule has 0 atom stereocenters. The summed E-state index contributed by atoms with van der Waals surface area (Å²) >= 11 is 0. The Labute approximate surface area is 327 Å². The molecule has 2 aliphatic rings. The second kappa shape index (κ2) is 29.8. The molecule has 0 radical (unpaired) electrons. The summed E-state index contributed by atoms with van der Waals surface area (Å²) in [5.74, 6) is -0.888. The van der Waals surface area contributed by atoms with E-state index >= 15 is 0 Å². The smallest absolute Gasteiger partial charge is 0.339 e. The molecule has 8 nitrogen and oxygen atoms in total. The van der Waals surface area contributed by atoms with Crippen molar-refractivity contribution >= 4 is 11.9 Å². The van der Waals surface area contributed by atoms with Gasteiger partial charge in [-0.25, -0.2) is 9.59 Å². The van der Waals surface area contributed by atoms with Crippen molar-refractivity contribution in [3.63, 3.8) is 0 Å². The van der Waals surface area contributed by atoms with Gasteiger partial charge in [-0.05, 0) is 36.1 Å². The Balaban J connectivity index is 0.000000246. The van der Waals surface area contributed by atoms with Gasteiger partial charge in [0.2, 0.25) is 0 Å². The third kappa shape index (κ3) is 20.2. The molecule has 3 aromatic rings. The van der Waals surface area contributed by atoms with Crippen molar-refractivity contribution in [3.8, 4) is 0 Å². The molecule has 2 heterocycles. The zero-order valence-corrected chi connectivity index (χ0v) is 33.6. The maximum atomic E-state index is 12.4. The van der Waals surface area contributed by atoms with E-state index in [2.05, 4.69) is 94.9 Å². The van der Waals surface area contributed by atoms with Crippen LogP contribution in [0.1, 0.15) is 123 Å². The fraction of sp³-hybridized carbons (Fsp3) is 0.565. The minimum atomic E-state index is -0.444. The first kappa shape index (κ1) is 44.8. The van der Waals surface area contributed by atoms with Crippen LogP contribution in [0.3, 0.4) is 0 Å². The Bertz CT molecular complexity index is 1260. The van der Waals surface area contributed by atoms with Gasteiger partial charge in [-0.2, -0.15) is 0 Å². The van der Waals surface area contributed by atoms with Crippen LogP contribution in [0, 0.1) is 0 Å². The van der Waals surface area contributed by atoms with E-state index in [0.717, 1.165) is 65.0 Å². The number of rotatable bonds is 20. The number of ether oxygens (including phenoxy) is 2. The van der Waals surface area contributed by atoms with Gasteiger partial charge >= 0.3 is 11.9 Å². The van der Waals surface area contributed by atoms with Crippen molar-refractivity contribution in [3.05, 3.63) is 107 Å². The molecule has 0 spiro atoms. The number of unbranched alkanes of at least 4 members (excludes halogenated alkanes) is 10. The predicted octanol–water partition coefficient (Wildman–Crippen LogP) is 8.90. The SMILES string of the molecule is CCCCCCCCOC(=O)c1ccccc1C(=O)OCCCCCCCC.c1ccc(CN2CCNCC2)cc1.c1ccc(CN2CCNCC2)cc1. The number of piperazine rings is 2. The lowest BCUT2D eigenvalue weighted by Gasteiger charge is -2.27. The van der Waals surface area contributed by atoms with Crippen LogP contribution in [0.4, 0.5) is 0 Å². The van der Waals surface area contributed by atoms with Gasteiger partial charge in [0.15, 0.2) is 0 Å². The topological polar surface area (TPSA) is 83.1 Å². The zero-order chi connectivity index (χ0) is 38.3. The highest BCUT2D eigenvalue weighted by Crippen LogP contribution is 2.14. The van der Waals surface area contributed by atoms with Gasteiger partial charge in [0, 0.05) is 65.4 Å². The van der Waals surface area contributed by atoms with Crippen molar-refractivity contribution in [2.24, 2.45) is 0 Å². The predicted molar refractivity (Wildman–Crippen MR) is 223 cm³/mol. The van der Waals surface area contributed by atoms with Crippen molar-refractivity contribution in [1.29, 1.82) is 0 Å². The molecular formula is C46H70N4O4. The minimum absolute atomic E-state index is 0.293. The molecule has 54 heavy (non-hydrogen) atoms. The summed E-state index contributed by atoms with van der Waals surface area (Å²) in [5, 5.41) is 6.72. The largest absolute Gasteiger partial charge is 0.462 e. The van der Waals surface area contributed by atoms with Crippen LogP contribution >= 0.6 is 0 Å². The van der Waals surface area contributed by atoms with Gasteiger partial charge in [0.1, 0.15) is 0 Å². The third-order valence-electron chi connectivity index (χ3n) is 9.75. The fourth-order valence-electron chi connectivity index (χ4n) is 6.51. The summed E-state index contributed by atoms with van der Waals surface area (Å²) in [7, 11) is 0. The molecule has 3 aromatic carbocycles. The van der Waals surface area contributed by atoms with E-state index in [-0.39, 0.29) is 0 Å². The summed E-state index contributed by atoms with van der Waals surface area (Å²) in [5.41, 5.74) is 3.43. The van der Waals surface area contributed by atoms with Gasteiger partial charge in [-0.1, -0.05) is 151 Å². The van der Waals surface area contributed by atoms with Gasteiger partial charge in [-0.3, -0.25) is 9.80 Å². The van der Waals surface area contributed by atoms with Crippen molar-refractivity contribution in [2.75, 3.05) is 65.6 Å². The van der Waals surface area contributed by atoms with Gasteiger partial charge in [-0.15, -0.1) is 0 Å². The van der Waals surface area contributed by atoms with Crippen LogP contribution in [-0.2, 0) is 22.6 Å². The number of hydrogen-bond acceptors (Lipinski definition) is 8. The van der Waals surface area contributed by atoms with E-state index in [9.17, 15) is 9.59 Å². The number of carbonyl (C=O) groups is 2. The standard InChI is InChI=1S/C24H38O4.2C11H16N2/c1-3-5-7-9-11-15-19-27-23(25)21-17-13-14-18-22(21)24(26)28-20-16-12-10-8-6-4-2;2*1-2-4-11(5-3-1)10-13-8-6-12-7-9-13/h13-14,17-18H,3-12,15-16,19-20H2,1-2H3;2*1-5,12H,6-10H2. The van der Waals surface area contributed by atoms with Crippen LogP contribution in [-0.4, -0.2) is 87.3 Å². The summed E-state index contributed by atoms with van der Waals surface area (Å²) in [6.07, 6.45) is 13.6. The molecule has 2 aliphatic heterocycles. The van der Waals surface area contributed by atoms with Crippen LogP contribution in [0.15, 0.2) is 84.9 Å². The highest BCUT2D eigenvalue weighted by molar-refractivity contribution is 6.03. The number of nitrogens with one attached hydrogen (secondary N) is 2. The van der Waals surface area contributed by atoms with E-state index in [1.165, 1.54) is 88.7 Å². The lowest BCUT2D eigenvalue weighted by atomic mass is 10.1. The maximum absolute atomic E-state index is 12.4. The summed E-state index contributed by atoms with van der Waals surface area (Å²) in [6.45, 7) is 16.6. The van der Waals surface area contributed by atoms with E-state index in [1.807, 2.05) is 0 Å². The molecule has 5 rings (SSSR count). The van der Waals surface area contributed by atoms with Gasteiger partial charge < -0.3 is 20.1 Å². The molecule has 298 valence electrons. The first-order chi connectivity index (χ1) is 26.6. The Morgan fingerprint density at radius 2 is 0.815 bits per heavy atom. The monoisotopic (exact) mass is 743 g/mol. The normalized spacial score (nSPS) is 14.6. The Kier molecular flexibility index (Phi) is 24.7. The molecule has 2 fully saturated rings. The van der Waals surface area contributed by atoms with Crippen LogP contribution in [0.5, 0.6) is 0 Å². The Morgan fingerprint density at radius 3 is 1.19 bits per heavy atom. The molecule has 2 saturated heterocycles. The van der Waals surface area contributed by atoms with Crippen LogP contribution < -0.4 is 10.6 Å². The van der Waals surface area contributed by atoms with Crippen molar-refractivity contribution in [1.82, 2.24) is 20.4 Å². The quantitative estimate of drug-likeness (QED) is 0.0878. The first-order valence-electron chi connectivity index (χ1n) is 21.0. The first-order valence-corrected chi connectivity index (χ1v) is 21.0. The van der Waals surface area contributed by atoms with Crippen LogP contribution in [0.2, 0.25) is 0 Å². The maximum Gasteiger partial charge on any atom is 0.339 e. The fourth-order valence-corrected chi connectivity index (χ4v) is 6.51. The molecule has 0 amide bonds. The number of benzene rings is 3.